The van der Waals surface area contributed by atoms with E-state index in [2.05, 4.69) is 11.4 Å². The summed E-state index contributed by atoms with van der Waals surface area (Å²) >= 11 is 0. The fourth-order valence-corrected chi connectivity index (χ4v) is 3.47. The van der Waals surface area contributed by atoms with Gasteiger partial charge in [0.2, 0.25) is 5.91 Å². The van der Waals surface area contributed by atoms with E-state index in [0.717, 1.165) is 33.6 Å². The molecule has 154 valence electrons. The summed E-state index contributed by atoms with van der Waals surface area (Å²) in [5, 5.41) is 12.8. The Bertz CT molecular complexity index is 1320. The summed E-state index contributed by atoms with van der Waals surface area (Å²) in [5.74, 6) is -0.285. The van der Waals surface area contributed by atoms with E-state index in [0.29, 0.717) is 11.3 Å². The molecule has 1 heterocycles. The fraction of sp³-hybridized carbons (Fsp3) is 0.0357. The van der Waals surface area contributed by atoms with Crippen LogP contribution in [0.4, 0.5) is 5.69 Å². The van der Waals surface area contributed by atoms with E-state index in [-0.39, 0.29) is 5.91 Å². The first kappa shape index (κ1) is 20.8. The maximum atomic E-state index is 12.5. The first-order valence-corrected chi connectivity index (χ1v) is 10.3. The number of anilines is 1. The fourth-order valence-electron chi connectivity index (χ4n) is 3.47. The lowest BCUT2D eigenvalue weighted by molar-refractivity contribution is -0.111. The molecular weight excluding hydrogens is 394 g/mol. The number of nitriles is 1. The summed E-state index contributed by atoms with van der Waals surface area (Å²) in [4.78, 5) is 17.2. The predicted molar refractivity (Wildman–Crippen MR) is 129 cm³/mol. The van der Waals surface area contributed by atoms with Crippen LogP contribution in [0.5, 0.6) is 0 Å². The first-order valence-electron chi connectivity index (χ1n) is 10.3. The van der Waals surface area contributed by atoms with Gasteiger partial charge in [0.15, 0.2) is 0 Å². The third-order valence-corrected chi connectivity index (χ3v) is 4.99. The smallest absolute Gasteiger partial charge is 0.248 e. The Kier molecular flexibility index (Phi) is 6.20. The summed E-state index contributed by atoms with van der Waals surface area (Å²) in [6.45, 7) is 1.97. The van der Waals surface area contributed by atoms with Crippen LogP contribution in [-0.2, 0) is 4.79 Å². The molecule has 0 unspecified atom stereocenters. The molecule has 3 aromatic carbocycles. The van der Waals surface area contributed by atoms with Crippen molar-refractivity contribution in [3.05, 3.63) is 114 Å². The lowest BCUT2D eigenvalue weighted by Gasteiger charge is -2.11. The number of aromatic nitrogens is 1. The van der Waals surface area contributed by atoms with Crippen molar-refractivity contribution < 1.29 is 4.79 Å². The molecule has 4 rings (SSSR count). The highest BCUT2D eigenvalue weighted by molar-refractivity contribution is 6.02. The molecule has 1 amide bonds. The van der Waals surface area contributed by atoms with Gasteiger partial charge >= 0.3 is 0 Å². The van der Waals surface area contributed by atoms with Gasteiger partial charge in [-0.2, -0.15) is 5.26 Å². The van der Waals surface area contributed by atoms with Gasteiger partial charge in [-0.3, -0.25) is 4.79 Å². The number of carbonyl (C=O) groups excluding carboxylic acids is 1. The number of benzene rings is 3. The van der Waals surface area contributed by atoms with Crippen LogP contribution in [0.1, 0.15) is 16.8 Å². The number of rotatable bonds is 5. The van der Waals surface area contributed by atoms with Gasteiger partial charge in [0, 0.05) is 22.9 Å². The normalized spacial score (nSPS) is 10.6. The highest BCUT2D eigenvalue weighted by Crippen LogP contribution is 2.30. The van der Waals surface area contributed by atoms with Gasteiger partial charge in [-0.25, -0.2) is 4.98 Å². The summed E-state index contributed by atoms with van der Waals surface area (Å²) in [5.41, 5.74) is 6.03. The number of nitrogens with one attached hydrogen (secondary N) is 1. The average Bonchev–Trinajstić information content (AvgIpc) is 2.83. The minimum Gasteiger partial charge on any atom is -0.323 e. The molecule has 0 fully saturated rings. The molecule has 0 radical (unpaired) electrons. The first-order chi connectivity index (χ1) is 15.6. The zero-order valence-corrected chi connectivity index (χ0v) is 17.6. The molecule has 0 aliphatic heterocycles. The molecule has 4 heteroatoms. The van der Waals surface area contributed by atoms with E-state index >= 15 is 0 Å². The van der Waals surface area contributed by atoms with E-state index in [9.17, 15) is 10.1 Å². The average molecular weight is 415 g/mol. The molecule has 0 aliphatic rings. The van der Waals surface area contributed by atoms with Crippen LogP contribution in [0.25, 0.3) is 28.5 Å². The molecule has 0 spiro atoms. The maximum Gasteiger partial charge on any atom is 0.248 e. The number of nitrogens with zero attached hydrogens (tertiary/aromatic N) is 2. The molecule has 0 aliphatic carbocycles. The van der Waals surface area contributed by atoms with Crippen molar-refractivity contribution in [1.82, 2.24) is 4.98 Å². The Labute approximate surface area is 187 Å². The standard InChI is InChI=1S/C28H21N3O/c1-20-9-8-14-23(17-20)30-28(32)16-15-26-25(19-29)24(21-10-4-2-5-11-21)18-27(31-26)22-12-6-3-7-13-22/h2-18H,1H3,(H,30,32)/b16-15+. The molecule has 1 aromatic heterocycles. The Hall–Kier alpha value is -4.49. The van der Waals surface area contributed by atoms with Gasteiger partial charge in [-0.1, -0.05) is 72.8 Å². The maximum absolute atomic E-state index is 12.5. The second kappa shape index (κ2) is 9.55. The van der Waals surface area contributed by atoms with Crippen molar-refractivity contribution in [3.63, 3.8) is 0 Å². The van der Waals surface area contributed by atoms with Crippen molar-refractivity contribution in [3.8, 4) is 28.5 Å². The second-order valence-corrected chi connectivity index (χ2v) is 7.35. The van der Waals surface area contributed by atoms with E-state index in [1.54, 1.807) is 6.08 Å². The molecule has 4 aromatic rings. The predicted octanol–water partition coefficient (Wildman–Crippen LogP) is 6.25. The molecule has 4 nitrogen and oxygen atoms in total. The Morgan fingerprint density at radius 3 is 2.25 bits per heavy atom. The van der Waals surface area contributed by atoms with Gasteiger partial charge in [-0.15, -0.1) is 0 Å². The summed E-state index contributed by atoms with van der Waals surface area (Å²) < 4.78 is 0. The van der Waals surface area contributed by atoms with Crippen LogP contribution < -0.4 is 5.32 Å². The minimum atomic E-state index is -0.285. The van der Waals surface area contributed by atoms with Crippen LogP contribution in [0, 0.1) is 18.3 Å². The van der Waals surface area contributed by atoms with Crippen LogP contribution in [-0.4, -0.2) is 10.9 Å². The summed E-state index contributed by atoms with van der Waals surface area (Å²) in [6, 6.07) is 31.3. The lowest BCUT2D eigenvalue weighted by atomic mass is 9.96. The van der Waals surface area contributed by atoms with Gasteiger partial charge in [-0.05, 0) is 42.3 Å². The molecule has 32 heavy (non-hydrogen) atoms. The Morgan fingerprint density at radius 1 is 0.906 bits per heavy atom. The van der Waals surface area contributed by atoms with Gasteiger partial charge in [0.25, 0.3) is 0 Å². The highest BCUT2D eigenvalue weighted by atomic mass is 16.1. The topological polar surface area (TPSA) is 65.8 Å². The number of hydrogen-bond acceptors (Lipinski definition) is 3. The van der Waals surface area contributed by atoms with Crippen molar-refractivity contribution in [2.24, 2.45) is 0 Å². The second-order valence-electron chi connectivity index (χ2n) is 7.35. The molecule has 0 bridgehead atoms. The van der Waals surface area contributed by atoms with Crippen molar-refractivity contribution >= 4 is 17.7 Å². The summed E-state index contributed by atoms with van der Waals surface area (Å²) in [6.07, 6.45) is 3.01. The van der Waals surface area contributed by atoms with Gasteiger partial charge < -0.3 is 5.32 Å². The quantitative estimate of drug-likeness (QED) is 0.392. The van der Waals surface area contributed by atoms with Crippen molar-refractivity contribution in [1.29, 1.82) is 5.26 Å². The zero-order valence-electron chi connectivity index (χ0n) is 17.6. The molecule has 0 saturated carbocycles. The van der Waals surface area contributed by atoms with Crippen LogP contribution in [0.2, 0.25) is 0 Å². The molecule has 0 atom stereocenters. The monoisotopic (exact) mass is 415 g/mol. The number of amides is 1. The van der Waals surface area contributed by atoms with E-state index in [1.165, 1.54) is 6.08 Å². The third kappa shape index (κ3) is 4.80. The van der Waals surface area contributed by atoms with Gasteiger partial charge in [0.05, 0.1) is 17.0 Å². The van der Waals surface area contributed by atoms with E-state index < -0.39 is 0 Å². The van der Waals surface area contributed by atoms with Crippen molar-refractivity contribution in [2.75, 3.05) is 5.32 Å². The van der Waals surface area contributed by atoms with Crippen molar-refractivity contribution in [2.45, 2.75) is 6.92 Å². The summed E-state index contributed by atoms with van der Waals surface area (Å²) in [7, 11) is 0. The number of aryl methyl sites for hydroxylation is 1. The van der Waals surface area contributed by atoms with Crippen LogP contribution in [0.15, 0.2) is 97.1 Å². The number of pyridine rings is 1. The highest BCUT2D eigenvalue weighted by Gasteiger charge is 2.14. The lowest BCUT2D eigenvalue weighted by Crippen LogP contribution is -2.08. The number of carbonyl (C=O) groups is 1. The van der Waals surface area contributed by atoms with E-state index in [1.807, 2.05) is 97.9 Å². The number of hydrogen-bond donors (Lipinski definition) is 1. The van der Waals surface area contributed by atoms with E-state index in [4.69, 9.17) is 4.98 Å². The SMILES string of the molecule is Cc1cccc(NC(=O)/C=C/c2nc(-c3ccccc3)cc(-c3ccccc3)c2C#N)c1. The molecule has 0 saturated heterocycles. The van der Waals surface area contributed by atoms with Crippen LogP contribution in [0.3, 0.4) is 0 Å². The molecular formula is C28H21N3O. The molecule has 1 N–H and O–H groups in total. The Morgan fingerprint density at radius 2 is 1.59 bits per heavy atom. The van der Waals surface area contributed by atoms with Gasteiger partial charge in [0.1, 0.15) is 6.07 Å². The minimum absolute atomic E-state index is 0.285. The zero-order chi connectivity index (χ0) is 22.3. The Balaban J connectivity index is 1.75. The largest absolute Gasteiger partial charge is 0.323 e. The third-order valence-electron chi connectivity index (χ3n) is 4.99. The van der Waals surface area contributed by atoms with Crippen LogP contribution >= 0.6 is 0 Å².